The summed E-state index contributed by atoms with van der Waals surface area (Å²) in [6.45, 7) is 1.22. The van der Waals surface area contributed by atoms with E-state index in [-0.39, 0.29) is 38.6 Å². The summed E-state index contributed by atoms with van der Waals surface area (Å²) in [5.74, 6) is -1.58. The van der Waals surface area contributed by atoms with Crippen LogP contribution in [-0.2, 0) is 4.79 Å². The number of hydrogen-bond donors (Lipinski definition) is 1. The molecule has 0 aliphatic carbocycles. The molecule has 1 N–H and O–H groups in total. The molecule has 0 amide bonds. The van der Waals surface area contributed by atoms with Gasteiger partial charge in [-0.05, 0) is 12.1 Å². The van der Waals surface area contributed by atoms with Gasteiger partial charge in [0.05, 0.1) is 0 Å². The minimum atomic E-state index is -1.11. The second kappa shape index (κ2) is 5.74. The van der Waals surface area contributed by atoms with Gasteiger partial charge in [-0.1, -0.05) is 12.1 Å². The first kappa shape index (κ1) is 13.1. The van der Waals surface area contributed by atoms with Crippen molar-refractivity contribution in [2.75, 3.05) is 0 Å². The Labute approximate surface area is 101 Å². The van der Waals surface area contributed by atoms with Crippen molar-refractivity contribution >= 4 is 39.2 Å². The Morgan fingerprint density at radius 1 is 1.29 bits per heavy atom. The monoisotopic (exact) mass is 388 g/mol. The zero-order valence-electron chi connectivity index (χ0n) is 7.48. The van der Waals surface area contributed by atoms with E-state index in [0.29, 0.717) is 0 Å². The van der Waals surface area contributed by atoms with E-state index in [1.54, 1.807) is 12.1 Å². The molecule has 0 heterocycles. The van der Waals surface area contributed by atoms with Crippen LogP contribution in [0.4, 0.5) is 0 Å². The molecule has 1 aromatic carbocycles. The summed E-state index contributed by atoms with van der Waals surface area (Å²) in [5.41, 5.74) is -0.0160. The van der Waals surface area contributed by atoms with Gasteiger partial charge in [0, 0.05) is 34.2 Å². The number of rotatable bonds is 2. The first-order valence-corrected chi connectivity index (χ1v) is 3.62. The Hall–Kier alpha value is -0.918. The molecular formula is C9H8O4Pb. The molecule has 0 bridgehead atoms. The van der Waals surface area contributed by atoms with E-state index in [1.165, 1.54) is 19.1 Å². The van der Waals surface area contributed by atoms with Gasteiger partial charge >= 0.3 is 11.9 Å². The Morgan fingerprint density at radius 2 is 1.86 bits per heavy atom. The third-order valence-electron chi connectivity index (χ3n) is 1.37. The molecule has 1 aromatic rings. The maximum absolute atomic E-state index is 10.6. The number of carboxylic acid groups (broad SMARTS) is 1. The Bertz CT molecular complexity index is 348. The molecular weight excluding hydrogens is 379 g/mol. The average molecular weight is 387 g/mol. The van der Waals surface area contributed by atoms with Gasteiger partial charge < -0.3 is 9.84 Å². The van der Waals surface area contributed by atoms with Gasteiger partial charge in [0.25, 0.3) is 0 Å². The number of hydrogen-bond acceptors (Lipinski definition) is 3. The fourth-order valence-corrected chi connectivity index (χ4v) is 0.887. The smallest absolute Gasteiger partial charge is 0.339 e. The standard InChI is InChI=1S/C9H8O4.Pb/c1-6(10)13-8-5-3-2-4-7(8)9(11)12;/h2-5H,1H3,(H,11,12);. The minimum absolute atomic E-state index is 0. The summed E-state index contributed by atoms with van der Waals surface area (Å²) < 4.78 is 4.69. The van der Waals surface area contributed by atoms with Crippen LogP contribution in [0.2, 0.25) is 0 Å². The topological polar surface area (TPSA) is 63.6 Å². The molecule has 0 spiro atoms. The summed E-state index contributed by atoms with van der Waals surface area (Å²) in [6, 6.07) is 5.98. The maximum Gasteiger partial charge on any atom is 0.339 e. The van der Waals surface area contributed by atoms with Gasteiger partial charge in [0.1, 0.15) is 11.3 Å². The number of carbonyl (C=O) groups excluding carboxylic acids is 1. The first-order chi connectivity index (χ1) is 6.11. The summed E-state index contributed by atoms with van der Waals surface area (Å²) in [5, 5.41) is 8.69. The maximum atomic E-state index is 10.6. The molecule has 0 unspecified atom stereocenters. The second-order valence-electron chi connectivity index (χ2n) is 2.39. The van der Waals surface area contributed by atoms with E-state index in [1.807, 2.05) is 0 Å². The van der Waals surface area contributed by atoms with Crippen LogP contribution in [0.5, 0.6) is 5.75 Å². The minimum Gasteiger partial charge on any atom is -0.478 e. The number of esters is 1. The summed E-state index contributed by atoms with van der Waals surface area (Å²) >= 11 is 0. The van der Waals surface area contributed by atoms with Crippen molar-refractivity contribution < 1.29 is 19.4 Å². The molecule has 0 saturated carbocycles. The van der Waals surface area contributed by atoms with Crippen molar-refractivity contribution in [2.45, 2.75) is 6.92 Å². The molecule has 0 fully saturated rings. The van der Waals surface area contributed by atoms with E-state index in [0.717, 1.165) is 0 Å². The molecule has 0 saturated heterocycles. The van der Waals surface area contributed by atoms with Crippen molar-refractivity contribution in [1.29, 1.82) is 0 Å². The number of ether oxygens (including phenoxy) is 1. The molecule has 0 aliphatic rings. The van der Waals surface area contributed by atoms with Gasteiger partial charge in [-0.2, -0.15) is 0 Å². The number of carboxylic acids is 1. The fraction of sp³-hybridized carbons (Fsp3) is 0.111. The van der Waals surface area contributed by atoms with Gasteiger partial charge in [-0.3, -0.25) is 4.79 Å². The number of para-hydroxylation sites is 1. The van der Waals surface area contributed by atoms with Crippen molar-refractivity contribution in [3.05, 3.63) is 29.8 Å². The molecule has 0 aliphatic heterocycles. The van der Waals surface area contributed by atoms with E-state index < -0.39 is 11.9 Å². The first-order valence-electron chi connectivity index (χ1n) is 3.62. The van der Waals surface area contributed by atoms with Crippen LogP contribution in [0.25, 0.3) is 0 Å². The molecule has 5 heteroatoms. The fourth-order valence-electron chi connectivity index (χ4n) is 0.887. The molecule has 14 heavy (non-hydrogen) atoms. The van der Waals surface area contributed by atoms with Gasteiger partial charge in [-0.25, -0.2) is 4.79 Å². The van der Waals surface area contributed by atoms with Crippen molar-refractivity contribution in [2.24, 2.45) is 0 Å². The Morgan fingerprint density at radius 3 is 2.36 bits per heavy atom. The zero-order valence-corrected chi connectivity index (χ0v) is 11.4. The van der Waals surface area contributed by atoms with E-state index in [4.69, 9.17) is 5.11 Å². The molecule has 4 radical (unpaired) electrons. The van der Waals surface area contributed by atoms with Gasteiger partial charge in [0.15, 0.2) is 0 Å². The predicted octanol–water partition coefficient (Wildman–Crippen LogP) is 0.929. The van der Waals surface area contributed by atoms with Crippen LogP contribution in [0, 0.1) is 0 Å². The zero-order chi connectivity index (χ0) is 9.84. The van der Waals surface area contributed by atoms with Crippen LogP contribution in [0.15, 0.2) is 24.3 Å². The van der Waals surface area contributed by atoms with Crippen LogP contribution in [0.1, 0.15) is 17.3 Å². The SMILES string of the molecule is CC(=O)Oc1ccccc1C(=O)O.[Pb]. The molecule has 0 atom stereocenters. The van der Waals surface area contributed by atoms with Crippen LogP contribution < -0.4 is 4.74 Å². The van der Waals surface area contributed by atoms with Crippen LogP contribution in [-0.4, -0.2) is 44.3 Å². The molecule has 4 nitrogen and oxygen atoms in total. The van der Waals surface area contributed by atoms with Crippen LogP contribution in [0.3, 0.4) is 0 Å². The van der Waals surface area contributed by atoms with E-state index >= 15 is 0 Å². The third-order valence-corrected chi connectivity index (χ3v) is 1.37. The number of carbonyl (C=O) groups is 2. The summed E-state index contributed by atoms with van der Waals surface area (Å²) in [4.78, 5) is 21.2. The number of benzene rings is 1. The largest absolute Gasteiger partial charge is 0.478 e. The third kappa shape index (κ3) is 3.45. The van der Waals surface area contributed by atoms with Gasteiger partial charge in [0.2, 0.25) is 0 Å². The van der Waals surface area contributed by atoms with Crippen molar-refractivity contribution in [1.82, 2.24) is 0 Å². The molecule has 0 aromatic heterocycles. The Kier molecular flexibility index (Phi) is 5.36. The van der Waals surface area contributed by atoms with Crippen molar-refractivity contribution in [3.8, 4) is 5.75 Å². The van der Waals surface area contributed by atoms with E-state index in [2.05, 4.69) is 4.74 Å². The average Bonchev–Trinajstić information content (AvgIpc) is 2.03. The van der Waals surface area contributed by atoms with E-state index in [9.17, 15) is 9.59 Å². The molecule has 1 rings (SSSR count). The second-order valence-corrected chi connectivity index (χ2v) is 2.39. The quantitative estimate of drug-likeness (QED) is 0.466. The number of aromatic carboxylic acids is 1. The normalized spacial score (nSPS) is 8.64. The molecule has 72 valence electrons. The Balaban J connectivity index is 0.00000169. The predicted molar refractivity (Wildman–Crippen MR) is 50.5 cm³/mol. The van der Waals surface area contributed by atoms with Crippen molar-refractivity contribution in [3.63, 3.8) is 0 Å². The van der Waals surface area contributed by atoms with Gasteiger partial charge in [-0.15, -0.1) is 0 Å². The summed E-state index contributed by atoms with van der Waals surface area (Å²) in [6.07, 6.45) is 0. The van der Waals surface area contributed by atoms with Crippen LogP contribution >= 0.6 is 0 Å². The summed E-state index contributed by atoms with van der Waals surface area (Å²) in [7, 11) is 0.